The molecule has 6 nitrogen and oxygen atoms in total. The number of hydrogen-bond donors (Lipinski definition) is 2. The minimum absolute atomic E-state index is 0.00414. The van der Waals surface area contributed by atoms with Crippen molar-refractivity contribution in [3.8, 4) is 0 Å². The number of piperidine rings is 1. The molecule has 1 saturated heterocycles. The van der Waals surface area contributed by atoms with Gasteiger partial charge in [0.15, 0.2) is 5.69 Å². The maximum absolute atomic E-state index is 13.5. The predicted octanol–water partition coefficient (Wildman–Crippen LogP) is 5.40. The molecule has 0 radical (unpaired) electrons. The number of rotatable bonds is 7. The first-order valence-electron chi connectivity index (χ1n) is 11.6. The number of nitrogens with two attached hydrogens (primary N) is 1. The molecule has 1 aromatic rings. The van der Waals surface area contributed by atoms with Crippen LogP contribution in [0.5, 0.6) is 0 Å². The smallest absolute Gasteiger partial charge is 0.272 e. The van der Waals surface area contributed by atoms with Gasteiger partial charge in [-0.2, -0.15) is 5.10 Å². The molecule has 180 valence electrons. The van der Waals surface area contributed by atoms with Crippen LogP contribution < -0.4 is 11.2 Å². The van der Waals surface area contributed by atoms with Gasteiger partial charge >= 0.3 is 0 Å². The number of allylic oxidation sites excluding steroid dienone is 9. The lowest BCUT2D eigenvalue weighted by molar-refractivity contribution is -0.0406. The fraction of sp³-hybridized carbons (Fsp3) is 0.481. The van der Waals surface area contributed by atoms with Gasteiger partial charge in [0.1, 0.15) is 0 Å². The first-order valence-corrected chi connectivity index (χ1v) is 11.6. The Labute approximate surface area is 199 Å². The summed E-state index contributed by atoms with van der Waals surface area (Å²) in [7, 11) is 0. The summed E-state index contributed by atoms with van der Waals surface area (Å²) in [4.78, 5) is 13.5. The molecular weight excluding hydrogens is 410 g/mol. The normalized spacial score (nSPS) is 20.0. The molecule has 6 heteroatoms. The Morgan fingerprint density at radius 1 is 1.15 bits per heavy atom. The molecule has 33 heavy (non-hydrogen) atoms. The van der Waals surface area contributed by atoms with E-state index in [9.17, 15) is 4.79 Å². The summed E-state index contributed by atoms with van der Waals surface area (Å²) in [6, 6.07) is 0.00414. The van der Waals surface area contributed by atoms with Gasteiger partial charge in [0, 0.05) is 22.7 Å². The second-order valence-electron chi connectivity index (χ2n) is 9.87. The van der Waals surface area contributed by atoms with E-state index in [4.69, 9.17) is 10.9 Å². The number of nitrogens with one attached hydrogen (secondary N) is 1. The van der Waals surface area contributed by atoms with Gasteiger partial charge < -0.3 is 5.32 Å². The lowest BCUT2D eigenvalue weighted by atomic mass is 9.78. The van der Waals surface area contributed by atoms with Gasteiger partial charge in [-0.15, -0.1) is 0 Å². The lowest BCUT2D eigenvalue weighted by Crippen LogP contribution is -2.67. The van der Waals surface area contributed by atoms with Gasteiger partial charge in [0.05, 0.1) is 11.4 Å². The third-order valence-corrected chi connectivity index (χ3v) is 6.31. The van der Waals surface area contributed by atoms with E-state index < -0.39 is 0 Å². The highest BCUT2D eigenvalue weighted by Gasteiger charge is 2.44. The van der Waals surface area contributed by atoms with Crippen molar-refractivity contribution in [1.29, 1.82) is 0 Å². The van der Waals surface area contributed by atoms with Gasteiger partial charge in [0.2, 0.25) is 0 Å². The number of carbonyl (C=O) groups excluding carboxylic acids is 1. The Morgan fingerprint density at radius 3 is 2.24 bits per heavy atom. The molecule has 1 aliphatic rings. The summed E-state index contributed by atoms with van der Waals surface area (Å²) in [5, 5.41) is 9.93. The zero-order chi connectivity index (χ0) is 25.0. The molecular formula is C27H41N5O. The van der Waals surface area contributed by atoms with Crippen molar-refractivity contribution >= 4 is 17.2 Å². The monoisotopic (exact) mass is 451 g/mol. The fourth-order valence-corrected chi connectivity index (χ4v) is 4.79. The molecule has 0 bridgehead atoms. The SMILES string of the molecule is C=C/C(=C\C=C/C)c1c(C)c(C(=O)NC2CC(C)(C)N(N)C(C)(C)C2)nn1C(/C=C\C)=C/C. The largest absolute Gasteiger partial charge is 0.348 e. The summed E-state index contributed by atoms with van der Waals surface area (Å²) in [5.41, 5.74) is 3.44. The van der Waals surface area contributed by atoms with E-state index in [-0.39, 0.29) is 23.0 Å². The third kappa shape index (κ3) is 5.63. The average Bonchev–Trinajstić information content (AvgIpc) is 3.07. The molecule has 1 aromatic heterocycles. The number of nitrogens with zero attached hydrogens (tertiary/aromatic N) is 3. The van der Waals surface area contributed by atoms with E-state index in [1.807, 2.05) is 73.8 Å². The van der Waals surface area contributed by atoms with Gasteiger partial charge in [-0.05, 0) is 79.9 Å². The maximum Gasteiger partial charge on any atom is 0.272 e. The highest BCUT2D eigenvalue weighted by atomic mass is 16.2. The quantitative estimate of drug-likeness (QED) is 0.430. The van der Waals surface area contributed by atoms with Gasteiger partial charge in [-0.25, -0.2) is 9.69 Å². The zero-order valence-corrected chi connectivity index (χ0v) is 21.6. The van der Waals surface area contributed by atoms with Crippen LogP contribution in [0.25, 0.3) is 11.3 Å². The molecule has 1 amide bonds. The van der Waals surface area contributed by atoms with Crippen LogP contribution in [0.3, 0.4) is 0 Å². The summed E-state index contributed by atoms with van der Waals surface area (Å²) in [6.07, 6.45) is 15.2. The number of carbonyl (C=O) groups is 1. The summed E-state index contributed by atoms with van der Waals surface area (Å²) in [5.74, 6) is 6.21. The van der Waals surface area contributed by atoms with Crippen LogP contribution in [-0.4, -0.2) is 37.8 Å². The first kappa shape index (κ1) is 26.6. The standard InChI is InChI=1S/C27H41N5O/c1-10-14-16-20(12-3)24-19(5)23(30-31(24)22(13-4)15-11-2)25(33)29-21-17-26(6,7)32(28)27(8,9)18-21/h10-16,21H,3,17-18,28H2,1-2,4-9H3,(H,29,33)/b14-10-,15-11-,20-16+,22-13+. The molecule has 0 spiro atoms. The van der Waals surface area contributed by atoms with E-state index >= 15 is 0 Å². The highest BCUT2D eigenvalue weighted by molar-refractivity contribution is 5.96. The summed E-state index contributed by atoms with van der Waals surface area (Å²) >= 11 is 0. The molecule has 1 fully saturated rings. The second kappa shape index (κ2) is 10.5. The predicted molar refractivity (Wildman–Crippen MR) is 139 cm³/mol. The van der Waals surface area contributed by atoms with Crippen molar-refractivity contribution in [3.63, 3.8) is 0 Å². The van der Waals surface area contributed by atoms with Crippen LogP contribution in [0.2, 0.25) is 0 Å². The lowest BCUT2D eigenvalue weighted by Gasteiger charge is -2.52. The van der Waals surface area contributed by atoms with E-state index in [1.54, 1.807) is 6.08 Å². The zero-order valence-electron chi connectivity index (χ0n) is 21.6. The van der Waals surface area contributed by atoms with Crippen molar-refractivity contribution < 1.29 is 4.79 Å². The molecule has 1 aliphatic heterocycles. The Bertz CT molecular complexity index is 986. The Hall–Kier alpha value is -2.70. The number of hydrogen-bond acceptors (Lipinski definition) is 4. The van der Waals surface area contributed by atoms with E-state index in [0.717, 1.165) is 35.4 Å². The van der Waals surface area contributed by atoms with Crippen molar-refractivity contribution in [3.05, 3.63) is 66.1 Å². The van der Waals surface area contributed by atoms with E-state index in [0.29, 0.717) is 5.69 Å². The maximum atomic E-state index is 13.5. The highest BCUT2D eigenvalue weighted by Crippen LogP contribution is 2.36. The number of hydrazine groups is 1. The third-order valence-electron chi connectivity index (χ3n) is 6.31. The topological polar surface area (TPSA) is 76.2 Å². The van der Waals surface area contributed by atoms with E-state index in [2.05, 4.69) is 39.6 Å². The van der Waals surface area contributed by atoms with Crippen molar-refractivity contribution in [2.24, 2.45) is 5.84 Å². The van der Waals surface area contributed by atoms with Gasteiger partial charge in [-0.1, -0.05) is 43.0 Å². The molecule has 0 saturated carbocycles. The van der Waals surface area contributed by atoms with Crippen LogP contribution in [0, 0.1) is 6.92 Å². The second-order valence-corrected chi connectivity index (χ2v) is 9.87. The minimum atomic E-state index is -0.228. The van der Waals surface area contributed by atoms with Crippen molar-refractivity contribution in [2.45, 2.75) is 85.4 Å². The molecule has 0 atom stereocenters. The number of aromatic nitrogens is 2. The molecule has 2 rings (SSSR count). The summed E-state index contributed by atoms with van der Waals surface area (Å²) in [6.45, 7) is 20.3. The Morgan fingerprint density at radius 2 is 1.76 bits per heavy atom. The molecule has 3 N–H and O–H groups in total. The van der Waals surface area contributed by atoms with Crippen molar-refractivity contribution in [1.82, 2.24) is 20.1 Å². The molecule has 0 aromatic carbocycles. The average molecular weight is 452 g/mol. The van der Waals surface area contributed by atoms with Crippen LogP contribution in [0.4, 0.5) is 0 Å². The summed E-state index contributed by atoms with van der Waals surface area (Å²) < 4.78 is 1.83. The minimum Gasteiger partial charge on any atom is -0.348 e. The van der Waals surface area contributed by atoms with Crippen LogP contribution in [0.1, 0.15) is 83.1 Å². The van der Waals surface area contributed by atoms with Crippen molar-refractivity contribution in [2.75, 3.05) is 0 Å². The van der Waals surface area contributed by atoms with Gasteiger partial charge in [-0.3, -0.25) is 10.6 Å². The van der Waals surface area contributed by atoms with Gasteiger partial charge in [0.25, 0.3) is 5.91 Å². The molecule has 2 heterocycles. The number of amides is 1. The molecule has 0 unspecified atom stereocenters. The Balaban J connectivity index is 2.52. The first-order chi connectivity index (χ1) is 15.4. The molecule has 0 aliphatic carbocycles. The van der Waals surface area contributed by atoms with Crippen LogP contribution in [0.15, 0.2) is 49.1 Å². The van der Waals surface area contributed by atoms with E-state index in [1.165, 1.54) is 0 Å². The van der Waals surface area contributed by atoms with Crippen LogP contribution in [-0.2, 0) is 0 Å². The van der Waals surface area contributed by atoms with Crippen LogP contribution >= 0.6 is 0 Å². The fourth-order valence-electron chi connectivity index (χ4n) is 4.79. The Kier molecular flexibility index (Phi) is 8.44.